The van der Waals surface area contributed by atoms with Crippen LogP contribution in [-0.2, 0) is 6.42 Å². The van der Waals surface area contributed by atoms with Crippen LogP contribution in [0.25, 0.3) is 0 Å². The maximum Gasteiger partial charge on any atom is 0.326 e. The van der Waals surface area contributed by atoms with Gasteiger partial charge in [0.2, 0.25) is 0 Å². The normalized spacial score (nSPS) is 12.7. The summed E-state index contributed by atoms with van der Waals surface area (Å²) in [4.78, 5) is 24.4. The summed E-state index contributed by atoms with van der Waals surface area (Å²) in [7, 11) is 1.40. The van der Waals surface area contributed by atoms with Crippen molar-refractivity contribution in [1.82, 2.24) is 0 Å². The summed E-state index contributed by atoms with van der Waals surface area (Å²) >= 11 is 0. The van der Waals surface area contributed by atoms with Gasteiger partial charge in [-0.2, -0.15) is 0 Å². The molecule has 0 aliphatic carbocycles. The third-order valence-corrected chi connectivity index (χ3v) is 3.77. The number of fused-ring (bicyclic) bond motifs is 1. The zero-order valence-electron chi connectivity index (χ0n) is 12.5. The zero-order valence-corrected chi connectivity index (χ0v) is 12.5. The average molecular weight is 313 g/mol. The van der Waals surface area contributed by atoms with E-state index in [2.05, 4.69) is 5.32 Å². The van der Waals surface area contributed by atoms with E-state index in [0.717, 1.165) is 17.7 Å². The Kier molecular flexibility index (Phi) is 3.84. The van der Waals surface area contributed by atoms with Crippen LogP contribution in [-0.4, -0.2) is 24.6 Å². The molecule has 7 heteroatoms. The molecule has 23 heavy (non-hydrogen) atoms. The monoisotopic (exact) mass is 313 g/mol. The number of carbonyl (C=O) groups is 1. The molecule has 2 aromatic rings. The lowest BCUT2D eigenvalue weighted by Gasteiger charge is -2.19. The minimum Gasteiger partial charge on any atom is -0.494 e. The molecule has 0 spiro atoms. The molecule has 118 valence electrons. The largest absolute Gasteiger partial charge is 0.494 e. The van der Waals surface area contributed by atoms with Gasteiger partial charge in [0.25, 0.3) is 5.69 Å². The Morgan fingerprint density at radius 1 is 1.30 bits per heavy atom. The number of para-hydroxylation sites is 1. The summed E-state index contributed by atoms with van der Waals surface area (Å²) in [5, 5.41) is 13.6. The Balaban J connectivity index is 1.82. The van der Waals surface area contributed by atoms with Crippen LogP contribution < -0.4 is 15.0 Å². The second-order valence-electron chi connectivity index (χ2n) is 5.10. The van der Waals surface area contributed by atoms with Gasteiger partial charge < -0.3 is 10.1 Å². The molecule has 0 aromatic heterocycles. The molecular formula is C16H15N3O4. The van der Waals surface area contributed by atoms with Crippen LogP contribution in [0.5, 0.6) is 5.75 Å². The fraction of sp³-hybridized carbons (Fsp3) is 0.188. The Morgan fingerprint density at radius 2 is 2.09 bits per heavy atom. The lowest BCUT2D eigenvalue weighted by atomic mass is 10.2. The number of nitrogens with zero attached hydrogens (tertiary/aromatic N) is 2. The molecule has 2 aromatic carbocycles. The van der Waals surface area contributed by atoms with Crippen molar-refractivity contribution in [3.8, 4) is 5.75 Å². The zero-order chi connectivity index (χ0) is 16.4. The molecule has 0 radical (unpaired) electrons. The number of rotatable bonds is 3. The summed E-state index contributed by atoms with van der Waals surface area (Å²) < 4.78 is 5.13. The number of carbonyl (C=O) groups excluding carboxylic acids is 1. The number of hydrogen-bond donors (Lipinski definition) is 1. The maximum atomic E-state index is 12.5. The molecule has 2 amide bonds. The van der Waals surface area contributed by atoms with E-state index in [1.165, 1.54) is 25.3 Å². The molecule has 7 nitrogen and oxygen atoms in total. The average Bonchev–Trinajstić information content (AvgIpc) is 2.99. The number of methoxy groups -OCH3 is 1. The van der Waals surface area contributed by atoms with Gasteiger partial charge in [-0.25, -0.2) is 4.79 Å². The Bertz CT molecular complexity index is 776. The second-order valence-corrected chi connectivity index (χ2v) is 5.10. The van der Waals surface area contributed by atoms with Gasteiger partial charge >= 0.3 is 6.03 Å². The highest BCUT2D eigenvalue weighted by Crippen LogP contribution is 2.31. The molecule has 0 saturated heterocycles. The minimum atomic E-state index is -0.509. The number of nitro groups is 1. The minimum absolute atomic E-state index is 0.0913. The fourth-order valence-electron chi connectivity index (χ4n) is 2.63. The Hall–Kier alpha value is -3.09. The molecule has 1 aliphatic rings. The quantitative estimate of drug-likeness (QED) is 0.696. The van der Waals surface area contributed by atoms with E-state index < -0.39 is 4.92 Å². The summed E-state index contributed by atoms with van der Waals surface area (Å²) in [5.41, 5.74) is 2.31. The lowest BCUT2D eigenvalue weighted by Crippen LogP contribution is -2.33. The number of anilines is 2. The van der Waals surface area contributed by atoms with Gasteiger partial charge in [0.05, 0.1) is 23.8 Å². The first-order chi connectivity index (χ1) is 11.1. The van der Waals surface area contributed by atoms with Crippen LogP contribution in [0.4, 0.5) is 21.9 Å². The third-order valence-electron chi connectivity index (χ3n) is 3.77. The number of urea groups is 1. The van der Waals surface area contributed by atoms with Crippen LogP contribution in [0.2, 0.25) is 0 Å². The van der Waals surface area contributed by atoms with Crippen molar-refractivity contribution in [2.75, 3.05) is 23.9 Å². The smallest absolute Gasteiger partial charge is 0.326 e. The van der Waals surface area contributed by atoms with E-state index in [1.54, 1.807) is 4.90 Å². The Morgan fingerprint density at radius 3 is 2.83 bits per heavy atom. The van der Waals surface area contributed by atoms with Gasteiger partial charge in [-0.3, -0.25) is 15.0 Å². The molecule has 0 fully saturated rings. The fourth-order valence-corrected chi connectivity index (χ4v) is 2.63. The van der Waals surface area contributed by atoms with E-state index in [-0.39, 0.29) is 17.5 Å². The van der Waals surface area contributed by atoms with Crippen molar-refractivity contribution in [3.63, 3.8) is 0 Å². The summed E-state index contributed by atoms with van der Waals surface area (Å²) in [5.74, 6) is 0.250. The van der Waals surface area contributed by atoms with E-state index in [1.807, 2.05) is 24.3 Å². The standard InChI is InChI=1S/C16H15N3O4/c1-23-15-10-12(19(21)22)6-7-13(15)17-16(20)18-9-8-11-4-2-3-5-14(11)18/h2-7,10H,8-9H2,1H3,(H,17,20). The molecule has 3 rings (SSSR count). The van der Waals surface area contributed by atoms with Gasteiger partial charge in [-0.1, -0.05) is 18.2 Å². The van der Waals surface area contributed by atoms with Crippen molar-refractivity contribution in [2.45, 2.75) is 6.42 Å². The van der Waals surface area contributed by atoms with Crippen LogP contribution in [0, 0.1) is 10.1 Å². The predicted molar refractivity (Wildman–Crippen MR) is 86.2 cm³/mol. The molecule has 0 atom stereocenters. The van der Waals surface area contributed by atoms with Gasteiger partial charge in [-0.05, 0) is 24.1 Å². The van der Waals surface area contributed by atoms with Crippen LogP contribution in [0.15, 0.2) is 42.5 Å². The van der Waals surface area contributed by atoms with Crippen molar-refractivity contribution in [2.24, 2.45) is 0 Å². The highest BCUT2D eigenvalue weighted by atomic mass is 16.6. The van der Waals surface area contributed by atoms with Gasteiger partial charge in [-0.15, -0.1) is 0 Å². The number of nitrogens with one attached hydrogen (secondary N) is 1. The van der Waals surface area contributed by atoms with E-state index in [0.29, 0.717) is 12.2 Å². The first kappa shape index (κ1) is 14.8. The number of amides is 2. The van der Waals surface area contributed by atoms with Gasteiger partial charge in [0.15, 0.2) is 0 Å². The highest BCUT2D eigenvalue weighted by molar-refractivity contribution is 6.03. The van der Waals surface area contributed by atoms with Crippen LogP contribution in [0.1, 0.15) is 5.56 Å². The molecule has 1 heterocycles. The van der Waals surface area contributed by atoms with Crippen molar-refractivity contribution < 1.29 is 14.5 Å². The molecule has 1 N–H and O–H groups in total. The molecular weight excluding hydrogens is 298 g/mol. The van der Waals surface area contributed by atoms with E-state index in [9.17, 15) is 14.9 Å². The van der Waals surface area contributed by atoms with Crippen molar-refractivity contribution in [1.29, 1.82) is 0 Å². The van der Waals surface area contributed by atoms with Gasteiger partial charge in [0, 0.05) is 18.3 Å². The SMILES string of the molecule is COc1cc([N+](=O)[O-])ccc1NC(=O)N1CCc2ccccc21. The highest BCUT2D eigenvalue weighted by Gasteiger charge is 2.25. The lowest BCUT2D eigenvalue weighted by molar-refractivity contribution is -0.384. The first-order valence-corrected chi connectivity index (χ1v) is 7.09. The summed E-state index contributed by atoms with van der Waals surface area (Å²) in [6.45, 7) is 0.598. The number of hydrogen-bond acceptors (Lipinski definition) is 4. The summed E-state index contributed by atoms with van der Waals surface area (Å²) in [6.07, 6.45) is 0.807. The van der Waals surface area contributed by atoms with Crippen molar-refractivity contribution in [3.05, 3.63) is 58.1 Å². The molecule has 0 bridgehead atoms. The molecule has 0 unspecified atom stereocenters. The number of ether oxygens (including phenoxy) is 1. The van der Waals surface area contributed by atoms with E-state index in [4.69, 9.17) is 4.74 Å². The maximum absolute atomic E-state index is 12.5. The topological polar surface area (TPSA) is 84.7 Å². The number of nitro benzene ring substituents is 1. The van der Waals surface area contributed by atoms with E-state index >= 15 is 0 Å². The summed E-state index contributed by atoms with van der Waals surface area (Å²) in [6, 6.07) is 11.5. The molecule has 0 saturated carbocycles. The Labute approximate surface area is 132 Å². The third kappa shape index (κ3) is 2.80. The van der Waals surface area contributed by atoms with Crippen LogP contribution in [0.3, 0.4) is 0 Å². The molecule has 1 aliphatic heterocycles. The second kappa shape index (κ2) is 5.96. The van der Waals surface area contributed by atoms with Gasteiger partial charge in [0.1, 0.15) is 5.75 Å². The number of benzene rings is 2. The first-order valence-electron chi connectivity index (χ1n) is 7.09. The van der Waals surface area contributed by atoms with Crippen LogP contribution >= 0.6 is 0 Å². The predicted octanol–water partition coefficient (Wildman–Crippen LogP) is 3.20. The number of non-ortho nitro benzene ring substituents is 1. The van der Waals surface area contributed by atoms with Crippen molar-refractivity contribution >= 4 is 23.1 Å².